The summed E-state index contributed by atoms with van der Waals surface area (Å²) in [6.07, 6.45) is 3.39. The third-order valence-corrected chi connectivity index (χ3v) is 3.95. The number of rotatable bonds is 7. The van der Waals surface area contributed by atoms with Crippen LogP contribution in [0.2, 0.25) is 0 Å². The number of hydrogen-bond donors (Lipinski definition) is 1. The van der Waals surface area contributed by atoms with E-state index in [1.54, 1.807) is 6.07 Å². The standard InChI is InChI=1S/C17H27FN2O/c1-3-9-19-13-14-5-6-17(16(18)12-14)20-10-7-15(8-11-20)21-4-2/h5-6,12,15,19H,3-4,7-11,13H2,1-2H3. The summed E-state index contributed by atoms with van der Waals surface area (Å²) in [7, 11) is 0. The molecule has 0 unspecified atom stereocenters. The molecule has 0 aliphatic carbocycles. The van der Waals surface area contributed by atoms with Gasteiger partial charge in [0.2, 0.25) is 0 Å². The Morgan fingerprint density at radius 1 is 1.29 bits per heavy atom. The Balaban J connectivity index is 1.92. The Bertz CT molecular complexity index is 431. The van der Waals surface area contributed by atoms with Crippen LogP contribution >= 0.6 is 0 Å². The summed E-state index contributed by atoms with van der Waals surface area (Å²) in [4.78, 5) is 2.13. The highest BCUT2D eigenvalue weighted by atomic mass is 19.1. The summed E-state index contributed by atoms with van der Waals surface area (Å²) in [5.41, 5.74) is 1.73. The fourth-order valence-corrected chi connectivity index (χ4v) is 2.83. The summed E-state index contributed by atoms with van der Waals surface area (Å²) in [5.74, 6) is -0.111. The van der Waals surface area contributed by atoms with Gasteiger partial charge in [-0.1, -0.05) is 13.0 Å². The molecule has 1 aliphatic rings. The van der Waals surface area contributed by atoms with Gasteiger partial charge in [0.05, 0.1) is 11.8 Å². The molecule has 0 spiro atoms. The Hall–Kier alpha value is -1.13. The van der Waals surface area contributed by atoms with E-state index in [0.29, 0.717) is 6.10 Å². The zero-order valence-electron chi connectivity index (χ0n) is 13.2. The Kier molecular flexibility index (Phi) is 6.46. The molecule has 1 aromatic carbocycles. The van der Waals surface area contributed by atoms with Crippen molar-refractivity contribution in [3.63, 3.8) is 0 Å². The third kappa shape index (κ3) is 4.68. The summed E-state index contributed by atoms with van der Waals surface area (Å²) in [5, 5.41) is 3.30. The molecule has 1 aliphatic heterocycles. The first-order chi connectivity index (χ1) is 10.2. The molecule has 1 saturated heterocycles. The van der Waals surface area contributed by atoms with Crippen LogP contribution in [-0.4, -0.2) is 32.3 Å². The van der Waals surface area contributed by atoms with Crippen LogP contribution in [0.15, 0.2) is 18.2 Å². The van der Waals surface area contributed by atoms with Gasteiger partial charge < -0.3 is 15.0 Å². The van der Waals surface area contributed by atoms with Crippen molar-refractivity contribution >= 4 is 5.69 Å². The predicted octanol–water partition coefficient (Wildman–Crippen LogP) is 3.33. The summed E-state index contributed by atoms with van der Waals surface area (Å²) < 4.78 is 19.9. The average molecular weight is 294 g/mol. The van der Waals surface area contributed by atoms with Gasteiger partial charge in [-0.05, 0) is 50.4 Å². The molecule has 0 radical (unpaired) electrons. The van der Waals surface area contributed by atoms with Crippen molar-refractivity contribution in [1.29, 1.82) is 0 Å². The average Bonchev–Trinajstić information content (AvgIpc) is 2.49. The van der Waals surface area contributed by atoms with Gasteiger partial charge >= 0.3 is 0 Å². The second-order valence-electron chi connectivity index (χ2n) is 5.60. The highest BCUT2D eigenvalue weighted by Crippen LogP contribution is 2.25. The maximum atomic E-state index is 14.3. The van der Waals surface area contributed by atoms with Crippen LogP contribution in [-0.2, 0) is 11.3 Å². The van der Waals surface area contributed by atoms with Crippen molar-refractivity contribution in [3.8, 4) is 0 Å². The topological polar surface area (TPSA) is 24.5 Å². The van der Waals surface area contributed by atoms with E-state index in [1.807, 2.05) is 19.1 Å². The number of ether oxygens (including phenoxy) is 1. The summed E-state index contributed by atoms with van der Waals surface area (Å²) in [6.45, 7) is 8.36. The Morgan fingerprint density at radius 2 is 2.05 bits per heavy atom. The molecular weight excluding hydrogens is 267 g/mol. The van der Waals surface area contributed by atoms with E-state index < -0.39 is 0 Å². The maximum Gasteiger partial charge on any atom is 0.146 e. The van der Waals surface area contributed by atoms with Crippen LogP contribution in [0, 0.1) is 5.82 Å². The van der Waals surface area contributed by atoms with Crippen LogP contribution in [0.5, 0.6) is 0 Å². The Labute approximate surface area is 127 Å². The molecule has 0 saturated carbocycles. The molecule has 0 atom stereocenters. The molecule has 1 heterocycles. The Morgan fingerprint density at radius 3 is 2.67 bits per heavy atom. The minimum Gasteiger partial charge on any atom is -0.378 e. The molecule has 118 valence electrons. The van der Waals surface area contributed by atoms with Crippen LogP contribution in [0.4, 0.5) is 10.1 Å². The van der Waals surface area contributed by atoms with Gasteiger partial charge in [0.25, 0.3) is 0 Å². The van der Waals surface area contributed by atoms with Gasteiger partial charge in [-0.2, -0.15) is 0 Å². The fourth-order valence-electron chi connectivity index (χ4n) is 2.83. The number of benzene rings is 1. The lowest BCUT2D eigenvalue weighted by Crippen LogP contribution is -2.37. The highest BCUT2D eigenvalue weighted by Gasteiger charge is 2.21. The van der Waals surface area contributed by atoms with Crippen LogP contribution in [0.25, 0.3) is 0 Å². The molecule has 3 nitrogen and oxygen atoms in total. The van der Waals surface area contributed by atoms with Crippen molar-refractivity contribution in [2.45, 2.75) is 45.8 Å². The first-order valence-corrected chi connectivity index (χ1v) is 8.10. The number of halogens is 1. The van der Waals surface area contributed by atoms with Crippen molar-refractivity contribution in [1.82, 2.24) is 5.32 Å². The van der Waals surface area contributed by atoms with E-state index in [2.05, 4.69) is 17.1 Å². The number of hydrogen-bond acceptors (Lipinski definition) is 3. The maximum absolute atomic E-state index is 14.3. The smallest absolute Gasteiger partial charge is 0.146 e. The van der Waals surface area contributed by atoms with E-state index >= 15 is 0 Å². The van der Waals surface area contributed by atoms with Gasteiger partial charge in [-0.3, -0.25) is 0 Å². The van der Waals surface area contributed by atoms with Crippen LogP contribution in [0.3, 0.4) is 0 Å². The lowest BCUT2D eigenvalue weighted by molar-refractivity contribution is 0.0458. The molecule has 1 N–H and O–H groups in total. The second-order valence-corrected chi connectivity index (χ2v) is 5.60. The van der Waals surface area contributed by atoms with Crippen molar-refractivity contribution in [3.05, 3.63) is 29.6 Å². The molecule has 0 bridgehead atoms. The molecule has 0 aromatic heterocycles. The van der Waals surface area contributed by atoms with Gasteiger partial charge in [0, 0.05) is 26.2 Å². The number of piperidine rings is 1. The largest absolute Gasteiger partial charge is 0.378 e. The van der Waals surface area contributed by atoms with Gasteiger partial charge in [-0.15, -0.1) is 0 Å². The minimum absolute atomic E-state index is 0.111. The highest BCUT2D eigenvalue weighted by molar-refractivity contribution is 5.49. The molecular formula is C17H27FN2O. The van der Waals surface area contributed by atoms with E-state index in [1.165, 1.54) is 0 Å². The van der Waals surface area contributed by atoms with Gasteiger partial charge in [0.15, 0.2) is 0 Å². The molecule has 1 aromatic rings. The minimum atomic E-state index is -0.111. The van der Waals surface area contributed by atoms with Crippen molar-refractivity contribution in [2.75, 3.05) is 31.1 Å². The van der Waals surface area contributed by atoms with Crippen molar-refractivity contribution in [2.24, 2.45) is 0 Å². The van der Waals surface area contributed by atoms with E-state index in [0.717, 1.165) is 63.3 Å². The molecule has 4 heteroatoms. The first-order valence-electron chi connectivity index (χ1n) is 8.10. The predicted molar refractivity (Wildman–Crippen MR) is 85.3 cm³/mol. The quantitative estimate of drug-likeness (QED) is 0.781. The van der Waals surface area contributed by atoms with Gasteiger partial charge in [0.1, 0.15) is 5.82 Å². The zero-order chi connectivity index (χ0) is 15.1. The van der Waals surface area contributed by atoms with Crippen LogP contribution in [0.1, 0.15) is 38.7 Å². The third-order valence-electron chi connectivity index (χ3n) is 3.95. The number of nitrogens with zero attached hydrogens (tertiary/aromatic N) is 1. The SMILES string of the molecule is CCCNCc1ccc(N2CCC(OCC)CC2)c(F)c1. The lowest BCUT2D eigenvalue weighted by atomic mass is 10.1. The summed E-state index contributed by atoms with van der Waals surface area (Å²) in [6, 6.07) is 5.60. The van der Waals surface area contributed by atoms with E-state index in [4.69, 9.17) is 4.74 Å². The molecule has 21 heavy (non-hydrogen) atoms. The normalized spacial score (nSPS) is 16.4. The first kappa shape index (κ1) is 16.2. The number of anilines is 1. The van der Waals surface area contributed by atoms with Crippen molar-refractivity contribution < 1.29 is 9.13 Å². The zero-order valence-corrected chi connectivity index (χ0v) is 13.2. The van der Waals surface area contributed by atoms with Crippen LogP contribution < -0.4 is 10.2 Å². The number of nitrogens with one attached hydrogen (secondary N) is 1. The lowest BCUT2D eigenvalue weighted by Gasteiger charge is -2.33. The fraction of sp³-hybridized carbons (Fsp3) is 0.647. The van der Waals surface area contributed by atoms with E-state index in [9.17, 15) is 4.39 Å². The van der Waals surface area contributed by atoms with E-state index in [-0.39, 0.29) is 5.82 Å². The van der Waals surface area contributed by atoms with Gasteiger partial charge in [-0.25, -0.2) is 4.39 Å². The molecule has 0 amide bonds. The summed E-state index contributed by atoms with van der Waals surface area (Å²) >= 11 is 0. The second kappa shape index (κ2) is 8.35. The monoisotopic (exact) mass is 294 g/mol. The molecule has 1 fully saturated rings. The molecule has 2 rings (SSSR count).